The van der Waals surface area contributed by atoms with Crippen LogP contribution in [-0.4, -0.2) is 74.1 Å². The van der Waals surface area contributed by atoms with Gasteiger partial charge in [-0.15, -0.1) is 11.3 Å². The number of hydrogen-bond acceptors (Lipinski definition) is 8. The largest absolute Gasteiger partial charge is 0.493 e. The fourth-order valence-electron chi connectivity index (χ4n) is 5.73. The zero-order valence-corrected chi connectivity index (χ0v) is 21.9. The maximum Gasteiger partial charge on any atom is 0.197 e. The van der Waals surface area contributed by atoms with Crippen molar-refractivity contribution < 1.29 is 9.47 Å². The molecule has 4 aromatic rings. The number of pyridine rings is 1. The highest BCUT2D eigenvalue weighted by Gasteiger charge is 2.29. The van der Waals surface area contributed by atoms with E-state index in [9.17, 15) is 0 Å². The summed E-state index contributed by atoms with van der Waals surface area (Å²) in [6.45, 7) is 8.31. The molecule has 1 N–H and O–H groups in total. The molecule has 6 rings (SSSR count). The molecule has 2 fully saturated rings. The number of hydrogen-bond donors (Lipinski definition) is 1. The van der Waals surface area contributed by atoms with Crippen LogP contribution in [0.15, 0.2) is 24.8 Å². The topological polar surface area (TPSA) is 93.5 Å². The van der Waals surface area contributed by atoms with Crippen LogP contribution in [0.2, 0.25) is 0 Å². The maximum atomic E-state index is 5.58. The molecule has 0 bridgehead atoms. The van der Waals surface area contributed by atoms with Crippen molar-refractivity contribution in [3.8, 4) is 27.7 Å². The van der Waals surface area contributed by atoms with Gasteiger partial charge in [-0.25, -0.2) is 14.5 Å². The van der Waals surface area contributed by atoms with Crippen LogP contribution in [-0.2, 0) is 4.74 Å². The fourth-order valence-corrected chi connectivity index (χ4v) is 6.82. The van der Waals surface area contributed by atoms with Gasteiger partial charge in [-0.3, -0.25) is 10.00 Å². The molecule has 0 spiro atoms. The minimum Gasteiger partial charge on any atom is -0.493 e. The number of rotatable bonds is 6. The Morgan fingerprint density at radius 3 is 2.69 bits per heavy atom. The molecule has 0 amide bonds. The van der Waals surface area contributed by atoms with Crippen LogP contribution in [0.5, 0.6) is 5.75 Å². The first-order chi connectivity index (χ1) is 17.6. The van der Waals surface area contributed by atoms with E-state index >= 15 is 0 Å². The Bertz CT molecular complexity index is 1330. The Kier molecular flexibility index (Phi) is 6.49. The van der Waals surface area contributed by atoms with Crippen molar-refractivity contribution in [3.63, 3.8) is 0 Å². The molecule has 0 unspecified atom stereocenters. The quantitative estimate of drug-likeness (QED) is 0.403. The number of ether oxygens (including phenoxy) is 2. The molecule has 1 aliphatic carbocycles. The van der Waals surface area contributed by atoms with Crippen LogP contribution in [0, 0.1) is 0 Å². The standard InChI is InChI=1S/C26H33N7O2S/c1-16(2)22-23(18-12-20(34-3)25-28-15-29-33(25)14-18)30-31-24(22)26-27-13-21(36-26)17-4-6-19(7-5-17)32-8-10-35-11-9-32/h12-17,19H,4-11H2,1-3H3,(H,30,31). The number of thiazole rings is 1. The van der Waals surface area contributed by atoms with Crippen molar-refractivity contribution in [2.75, 3.05) is 33.4 Å². The maximum absolute atomic E-state index is 5.58. The highest BCUT2D eigenvalue weighted by atomic mass is 32.1. The van der Waals surface area contributed by atoms with Crippen molar-refractivity contribution in [2.24, 2.45) is 0 Å². The van der Waals surface area contributed by atoms with Crippen molar-refractivity contribution in [3.05, 3.63) is 35.2 Å². The van der Waals surface area contributed by atoms with Gasteiger partial charge < -0.3 is 9.47 Å². The number of aromatic amines is 1. The third-order valence-electron chi connectivity index (χ3n) is 7.62. The van der Waals surface area contributed by atoms with Gasteiger partial charge in [0.15, 0.2) is 11.4 Å². The highest BCUT2D eigenvalue weighted by molar-refractivity contribution is 7.15. The van der Waals surface area contributed by atoms with Crippen molar-refractivity contribution >= 4 is 17.0 Å². The number of morpholine rings is 1. The lowest BCUT2D eigenvalue weighted by atomic mass is 9.84. The molecule has 1 saturated heterocycles. The molecule has 0 aromatic carbocycles. The average Bonchev–Trinajstić information content (AvgIpc) is 3.67. The molecular formula is C26H33N7O2S. The first-order valence-electron chi connectivity index (χ1n) is 12.9. The van der Waals surface area contributed by atoms with Crippen LogP contribution < -0.4 is 4.74 Å². The summed E-state index contributed by atoms with van der Waals surface area (Å²) in [5, 5.41) is 13.4. The lowest BCUT2D eigenvalue weighted by Gasteiger charge is -2.38. The Hall–Kier alpha value is -2.82. The Morgan fingerprint density at radius 1 is 1.14 bits per heavy atom. The molecule has 36 heavy (non-hydrogen) atoms. The molecule has 9 nitrogen and oxygen atoms in total. The first-order valence-corrected chi connectivity index (χ1v) is 13.7. The smallest absolute Gasteiger partial charge is 0.197 e. The lowest BCUT2D eigenvalue weighted by molar-refractivity contribution is 0.00736. The summed E-state index contributed by atoms with van der Waals surface area (Å²) >= 11 is 1.80. The zero-order chi connectivity index (χ0) is 24.6. The summed E-state index contributed by atoms with van der Waals surface area (Å²) < 4.78 is 12.9. The van der Waals surface area contributed by atoms with Crippen molar-refractivity contribution in [2.45, 2.75) is 57.4 Å². The molecule has 5 heterocycles. The molecule has 10 heteroatoms. The van der Waals surface area contributed by atoms with Gasteiger partial charge in [0.25, 0.3) is 0 Å². The lowest BCUT2D eigenvalue weighted by Crippen LogP contribution is -2.44. The van der Waals surface area contributed by atoms with Crippen LogP contribution >= 0.6 is 11.3 Å². The Balaban J connectivity index is 1.25. The third kappa shape index (κ3) is 4.31. The van der Waals surface area contributed by atoms with Crippen molar-refractivity contribution in [1.82, 2.24) is 34.7 Å². The molecule has 1 saturated carbocycles. The van der Waals surface area contributed by atoms with E-state index in [2.05, 4.69) is 40.1 Å². The van der Waals surface area contributed by atoms with E-state index in [-0.39, 0.29) is 5.92 Å². The zero-order valence-electron chi connectivity index (χ0n) is 21.1. The van der Waals surface area contributed by atoms with E-state index < -0.39 is 0 Å². The van der Waals surface area contributed by atoms with E-state index in [1.54, 1.807) is 23.0 Å². The Morgan fingerprint density at radius 2 is 1.94 bits per heavy atom. The highest BCUT2D eigenvalue weighted by Crippen LogP contribution is 2.42. The molecule has 1 aliphatic heterocycles. The van der Waals surface area contributed by atoms with E-state index in [4.69, 9.17) is 19.6 Å². The van der Waals surface area contributed by atoms with Crippen LogP contribution in [0.4, 0.5) is 0 Å². The van der Waals surface area contributed by atoms with E-state index in [0.29, 0.717) is 23.4 Å². The predicted octanol–water partition coefficient (Wildman–Crippen LogP) is 4.73. The van der Waals surface area contributed by atoms with Gasteiger partial charge in [-0.2, -0.15) is 10.2 Å². The average molecular weight is 508 g/mol. The van der Waals surface area contributed by atoms with Gasteiger partial charge in [-0.1, -0.05) is 13.8 Å². The first kappa shape index (κ1) is 23.6. The molecule has 2 aliphatic rings. The van der Waals surface area contributed by atoms with Gasteiger partial charge in [0.05, 0.1) is 26.0 Å². The number of fused-ring (bicyclic) bond motifs is 1. The monoisotopic (exact) mass is 507 g/mol. The van der Waals surface area contributed by atoms with Crippen LogP contribution in [0.3, 0.4) is 0 Å². The van der Waals surface area contributed by atoms with E-state index in [1.165, 1.54) is 36.9 Å². The summed E-state index contributed by atoms with van der Waals surface area (Å²) in [7, 11) is 1.65. The van der Waals surface area contributed by atoms with E-state index in [0.717, 1.165) is 53.8 Å². The second kappa shape index (κ2) is 9.91. The van der Waals surface area contributed by atoms with E-state index in [1.807, 2.05) is 12.3 Å². The number of methoxy groups -OCH3 is 1. The van der Waals surface area contributed by atoms with Gasteiger partial charge >= 0.3 is 0 Å². The van der Waals surface area contributed by atoms with Gasteiger partial charge in [0.2, 0.25) is 0 Å². The predicted molar refractivity (Wildman–Crippen MR) is 140 cm³/mol. The SMILES string of the molecule is COc1cc(-c2[nH]nc(-c3ncc(C4CCC(N5CCOCC5)CC4)s3)c2C(C)C)cn2ncnc12. The van der Waals surface area contributed by atoms with Crippen LogP contribution in [0.25, 0.3) is 27.6 Å². The molecule has 0 radical (unpaired) electrons. The summed E-state index contributed by atoms with van der Waals surface area (Å²) in [6, 6.07) is 2.70. The minimum atomic E-state index is 0.266. The molecular weight excluding hydrogens is 474 g/mol. The van der Waals surface area contributed by atoms with Crippen LogP contribution in [0.1, 0.15) is 61.8 Å². The number of aromatic nitrogens is 6. The summed E-state index contributed by atoms with van der Waals surface area (Å²) in [6.07, 6.45) is 10.6. The summed E-state index contributed by atoms with van der Waals surface area (Å²) in [4.78, 5) is 13.2. The molecule has 190 valence electrons. The summed E-state index contributed by atoms with van der Waals surface area (Å²) in [5.74, 6) is 1.54. The Labute approximate surface area is 214 Å². The summed E-state index contributed by atoms with van der Waals surface area (Å²) in [5.41, 5.74) is 4.73. The van der Waals surface area contributed by atoms with Gasteiger partial charge in [0, 0.05) is 47.5 Å². The normalized spacial score (nSPS) is 21.4. The van der Waals surface area contributed by atoms with Gasteiger partial charge in [-0.05, 0) is 43.6 Å². The molecule has 0 atom stereocenters. The van der Waals surface area contributed by atoms with Gasteiger partial charge in [0.1, 0.15) is 17.0 Å². The molecule has 4 aromatic heterocycles. The van der Waals surface area contributed by atoms with Crippen molar-refractivity contribution in [1.29, 1.82) is 0 Å². The number of H-pyrrole nitrogens is 1. The number of nitrogens with zero attached hydrogens (tertiary/aromatic N) is 6. The third-order valence-corrected chi connectivity index (χ3v) is 8.79. The second-order valence-corrected chi connectivity index (χ2v) is 11.1. The second-order valence-electron chi connectivity index (χ2n) is 10.1. The fraction of sp³-hybridized carbons (Fsp3) is 0.538. The number of nitrogens with one attached hydrogen (secondary N) is 1. The minimum absolute atomic E-state index is 0.266.